The Morgan fingerprint density at radius 1 is 0.943 bits per heavy atom. The van der Waals surface area contributed by atoms with E-state index in [1.807, 2.05) is 7.05 Å². The van der Waals surface area contributed by atoms with Gasteiger partial charge in [-0.2, -0.15) is 4.98 Å². The van der Waals surface area contributed by atoms with Gasteiger partial charge in [0.05, 0.1) is 23.4 Å². The highest BCUT2D eigenvalue weighted by molar-refractivity contribution is 5.94. The van der Waals surface area contributed by atoms with E-state index in [-0.39, 0.29) is 23.7 Å². The fourth-order valence-electron chi connectivity index (χ4n) is 4.24. The molecule has 5 rings (SSSR count). The highest BCUT2D eigenvalue weighted by Crippen LogP contribution is 2.33. The summed E-state index contributed by atoms with van der Waals surface area (Å²) in [5.41, 5.74) is 1.01. The molecule has 182 valence electrons. The molecule has 0 saturated carbocycles. The highest BCUT2D eigenvalue weighted by atomic mass is 19.1. The number of likely N-dealkylation sites (N-methyl/N-ethyl adjacent to an activating group) is 1. The van der Waals surface area contributed by atoms with E-state index in [4.69, 9.17) is 9.72 Å². The summed E-state index contributed by atoms with van der Waals surface area (Å²) in [6.07, 6.45) is 0.390. The first-order chi connectivity index (χ1) is 16.9. The molecule has 3 heterocycles. The summed E-state index contributed by atoms with van der Waals surface area (Å²) in [6, 6.07) is 8.86. The minimum absolute atomic E-state index is 0.00533. The first kappa shape index (κ1) is 23.1. The normalized spacial score (nSPS) is 16.2. The first-order valence-corrected chi connectivity index (χ1v) is 11.4. The average molecular weight is 483 g/mol. The number of benzene rings is 2. The largest absolute Gasteiger partial charge is 0.435 e. The number of halogens is 3. The maximum Gasteiger partial charge on any atom is 0.257 e. The van der Waals surface area contributed by atoms with Crippen molar-refractivity contribution in [2.45, 2.75) is 13.0 Å². The molecule has 1 saturated heterocycles. The summed E-state index contributed by atoms with van der Waals surface area (Å²) >= 11 is 0. The molecule has 1 aromatic heterocycles. The van der Waals surface area contributed by atoms with Crippen molar-refractivity contribution in [1.29, 1.82) is 0 Å². The van der Waals surface area contributed by atoms with Crippen LogP contribution in [0.1, 0.15) is 21.6 Å². The van der Waals surface area contributed by atoms with Crippen LogP contribution in [0.25, 0.3) is 0 Å². The molecular weight excluding hydrogens is 459 g/mol. The highest BCUT2D eigenvalue weighted by Gasteiger charge is 2.30. The number of ether oxygens (including phenoxy) is 1. The minimum atomic E-state index is -0.926. The number of para-hydroxylation sites is 1. The van der Waals surface area contributed by atoms with Gasteiger partial charge in [-0.05, 0) is 31.3 Å². The van der Waals surface area contributed by atoms with Crippen LogP contribution in [-0.2, 0) is 13.0 Å². The number of hydrogen-bond donors (Lipinski definition) is 0. The predicted octanol–water partition coefficient (Wildman–Crippen LogP) is 3.64. The number of aromatic nitrogens is 2. The van der Waals surface area contributed by atoms with Crippen LogP contribution in [-0.4, -0.2) is 65.4 Å². The number of piperazine rings is 1. The Kier molecular flexibility index (Phi) is 6.29. The van der Waals surface area contributed by atoms with Gasteiger partial charge >= 0.3 is 0 Å². The predicted molar refractivity (Wildman–Crippen MR) is 123 cm³/mol. The van der Waals surface area contributed by atoms with Crippen LogP contribution in [0, 0.1) is 17.5 Å². The lowest BCUT2D eigenvalue weighted by atomic mass is 10.0. The van der Waals surface area contributed by atoms with Gasteiger partial charge in [0.1, 0.15) is 11.6 Å². The molecule has 0 N–H and O–H groups in total. The fraction of sp³-hybridized carbons (Fsp3) is 0.320. The second kappa shape index (κ2) is 9.53. The first-order valence-electron chi connectivity index (χ1n) is 11.4. The summed E-state index contributed by atoms with van der Waals surface area (Å²) in [5, 5.41) is 0. The molecule has 0 bridgehead atoms. The monoisotopic (exact) mass is 483 g/mol. The summed E-state index contributed by atoms with van der Waals surface area (Å²) in [5.74, 6) is -2.14. The van der Waals surface area contributed by atoms with E-state index >= 15 is 0 Å². The molecule has 2 aromatic carbocycles. The zero-order valence-corrected chi connectivity index (χ0v) is 19.2. The van der Waals surface area contributed by atoms with E-state index in [0.29, 0.717) is 36.2 Å². The van der Waals surface area contributed by atoms with Crippen molar-refractivity contribution in [2.75, 3.05) is 44.7 Å². The van der Waals surface area contributed by atoms with Gasteiger partial charge in [-0.3, -0.25) is 4.79 Å². The van der Waals surface area contributed by atoms with Gasteiger partial charge in [-0.25, -0.2) is 18.2 Å². The zero-order valence-electron chi connectivity index (χ0n) is 19.2. The van der Waals surface area contributed by atoms with Crippen molar-refractivity contribution < 1.29 is 22.7 Å². The van der Waals surface area contributed by atoms with Crippen LogP contribution in [0.2, 0.25) is 0 Å². The van der Waals surface area contributed by atoms with E-state index in [2.05, 4.69) is 14.8 Å². The van der Waals surface area contributed by atoms with Gasteiger partial charge < -0.3 is 19.4 Å². The van der Waals surface area contributed by atoms with Crippen molar-refractivity contribution in [3.63, 3.8) is 0 Å². The average Bonchev–Trinajstić information content (AvgIpc) is 2.85. The fourth-order valence-corrected chi connectivity index (χ4v) is 4.24. The lowest BCUT2D eigenvalue weighted by Crippen LogP contribution is -2.45. The third kappa shape index (κ3) is 4.79. The molecular formula is C25H24F3N5O2. The Morgan fingerprint density at radius 2 is 1.71 bits per heavy atom. The second-order valence-corrected chi connectivity index (χ2v) is 8.68. The molecule has 2 aliphatic heterocycles. The number of amides is 1. The van der Waals surface area contributed by atoms with Gasteiger partial charge in [0.15, 0.2) is 11.6 Å². The number of rotatable bonds is 4. The van der Waals surface area contributed by atoms with Gasteiger partial charge in [-0.1, -0.05) is 12.1 Å². The molecule has 2 aliphatic rings. The minimum Gasteiger partial charge on any atom is -0.435 e. The quantitative estimate of drug-likeness (QED) is 0.565. The van der Waals surface area contributed by atoms with E-state index < -0.39 is 23.4 Å². The smallest absolute Gasteiger partial charge is 0.257 e. The Labute approximate surface area is 200 Å². The van der Waals surface area contributed by atoms with Gasteiger partial charge in [0.25, 0.3) is 5.91 Å². The number of carbonyl (C=O) groups is 1. The van der Waals surface area contributed by atoms with E-state index in [1.165, 1.54) is 17.0 Å². The van der Waals surface area contributed by atoms with Crippen molar-refractivity contribution in [2.24, 2.45) is 0 Å². The van der Waals surface area contributed by atoms with Crippen LogP contribution in [0.5, 0.6) is 11.6 Å². The molecule has 0 aliphatic carbocycles. The molecule has 0 spiro atoms. The van der Waals surface area contributed by atoms with Crippen molar-refractivity contribution in [1.82, 2.24) is 19.8 Å². The van der Waals surface area contributed by atoms with Gasteiger partial charge in [0, 0.05) is 45.2 Å². The molecule has 3 aromatic rings. The summed E-state index contributed by atoms with van der Waals surface area (Å²) in [4.78, 5) is 28.1. The van der Waals surface area contributed by atoms with E-state index in [9.17, 15) is 18.0 Å². The third-order valence-electron chi connectivity index (χ3n) is 6.29. The van der Waals surface area contributed by atoms with Crippen LogP contribution >= 0.6 is 0 Å². The Bertz CT molecular complexity index is 1260. The molecule has 0 unspecified atom stereocenters. The van der Waals surface area contributed by atoms with E-state index in [0.717, 1.165) is 38.3 Å². The van der Waals surface area contributed by atoms with E-state index in [1.54, 1.807) is 12.1 Å². The number of hydrogen-bond acceptors (Lipinski definition) is 6. The number of fused-ring (bicyclic) bond motifs is 1. The topological polar surface area (TPSA) is 61.8 Å². The number of nitrogens with zero attached hydrogens (tertiary/aromatic N) is 5. The van der Waals surface area contributed by atoms with Crippen LogP contribution in [0.4, 0.5) is 19.1 Å². The molecule has 0 atom stereocenters. The van der Waals surface area contributed by atoms with Gasteiger partial charge in [0.2, 0.25) is 11.8 Å². The third-order valence-corrected chi connectivity index (χ3v) is 6.29. The van der Waals surface area contributed by atoms with Crippen molar-refractivity contribution >= 4 is 11.9 Å². The molecule has 1 amide bonds. The Hall–Kier alpha value is -3.66. The molecule has 7 nitrogen and oxygen atoms in total. The summed E-state index contributed by atoms with van der Waals surface area (Å²) in [7, 11) is 2.05. The van der Waals surface area contributed by atoms with Crippen LogP contribution < -0.4 is 9.64 Å². The maximum absolute atomic E-state index is 14.4. The second-order valence-electron chi connectivity index (χ2n) is 8.68. The summed E-state index contributed by atoms with van der Waals surface area (Å²) in [6.45, 7) is 3.54. The lowest BCUT2D eigenvalue weighted by molar-refractivity contribution is 0.0727. The van der Waals surface area contributed by atoms with Crippen molar-refractivity contribution in [3.05, 3.63) is 76.7 Å². The molecule has 10 heteroatoms. The number of anilines is 1. The maximum atomic E-state index is 14.4. The summed E-state index contributed by atoms with van der Waals surface area (Å²) < 4.78 is 47.9. The van der Waals surface area contributed by atoms with Crippen LogP contribution in [0.3, 0.4) is 0 Å². The molecule has 35 heavy (non-hydrogen) atoms. The standard InChI is InChI=1S/C25H24F3N5O2/c1-31-10-12-32(13-11-31)25-29-21-8-9-33(24(34)17-7-6-16(26)14-20(17)28)15-18(21)23(30-25)35-22-5-3-2-4-19(22)27/h2-7,14H,8-13,15H2,1H3. The SMILES string of the molecule is CN1CCN(c2nc3c(c(Oc4ccccc4F)n2)CN(C(=O)c2ccc(F)cc2F)CC3)CC1. The molecule has 1 fully saturated rings. The van der Waals surface area contributed by atoms with Crippen LogP contribution in [0.15, 0.2) is 42.5 Å². The zero-order chi connectivity index (χ0) is 24.5. The van der Waals surface area contributed by atoms with Crippen molar-refractivity contribution in [3.8, 4) is 11.6 Å². The Morgan fingerprint density at radius 3 is 2.46 bits per heavy atom. The molecule has 0 radical (unpaired) electrons. The Balaban J connectivity index is 1.49. The number of carbonyl (C=O) groups excluding carboxylic acids is 1. The lowest BCUT2D eigenvalue weighted by Gasteiger charge is -2.34. The van der Waals surface area contributed by atoms with Gasteiger partial charge in [-0.15, -0.1) is 0 Å².